The van der Waals surface area contributed by atoms with Gasteiger partial charge in [-0.25, -0.2) is 10.6 Å². The summed E-state index contributed by atoms with van der Waals surface area (Å²) in [6.07, 6.45) is 3.88. The molecule has 0 amide bonds. The molecule has 1 fully saturated rings. The molecule has 0 spiro atoms. The number of nitrogens with two attached hydrogens (primary N) is 2. The molecular formula is C20H23N5O3S2. The maximum Gasteiger partial charge on any atom is 0.335 e. The van der Waals surface area contributed by atoms with Gasteiger partial charge in [-0.3, -0.25) is 9.80 Å². The fourth-order valence-corrected chi connectivity index (χ4v) is 4.07. The third-order valence-electron chi connectivity index (χ3n) is 4.63. The van der Waals surface area contributed by atoms with Crippen LogP contribution in [0.2, 0.25) is 0 Å². The van der Waals surface area contributed by atoms with E-state index in [1.807, 2.05) is 18.4 Å². The lowest BCUT2D eigenvalue weighted by Crippen LogP contribution is -2.37. The molecule has 1 aliphatic carbocycles. The van der Waals surface area contributed by atoms with E-state index < -0.39 is 5.97 Å². The van der Waals surface area contributed by atoms with Gasteiger partial charge in [0, 0.05) is 17.5 Å². The molecule has 0 atom stereocenters. The van der Waals surface area contributed by atoms with Crippen molar-refractivity contribution in [2.24, 2.45) is 16.8 Å². The second kappa shape index (κ2) is 9.88. The van der Waals surface area contributed by atoms with Gasteiger partial charge in [-0.15, -0.1) is 0 Å². The molecule has 0 unspecified atom stereocenters. The number of anilines is 2. The Morgan fingerprint density at radius 1 is 1.20 bits per heavy atom. The average molecular weight is 446 g/mol. The zero-order chi connectivity index (χ0) is 21.7. The summed E-state index contributed by atoms with van der Waals surface area (Å²) in [5.74, 6) is 11.1. The lowest BCUT2D eigenvalue weighted by atomic mass is 10.0. The number of ketones is 1. The molecule has 0 aliphatic heterocycles. The molecule has 0 radical (unpaired) electrons. The Balaban J connectivity index is 1.70. The number of carboxylic acid groups (broad SMARTS) is 1. The zero-order valence-corrected chi connectivity index (χ0v) is 18.0. The van der Waals surface area contributed by atoms with Crippen molar-refractivity contribution in [3.63, 3.8) is 0 Å². The SMILES string of the molecule is CSNc1ccc(C(=O)CS/C(=N/N)N(N)c2ccc(C(=O)O)cc2C2CC2)cc1. The van der Waals surface area contributed by atoms with Gasteiger partial charge in [0.15, 0.2) is 5.78 Å². The van der Waals surface area contributed by atoms with E-state index in [4.69, 9.17) is 11.7 Å². The van der Waals surface area contributed by atoms with E-state index in [-0.39, 0.29) is 28.2 Å². The number of hydrogen-bond donors (Lipinski definition) is 4. The first-order chi connectivity index (χ1) is 14.4. The molecular weight excluding hydrogens is 422 g/mol. The van der Waals surface area contributed by atoms with Crippen molar-refractivity contribution in [3.8, 4) is 0 Å². The van der Waals surface area contributed by atoms with Crippen molar-refractivity contribution < 1.29 is 14.7 Å². The second-order valence-electron chi connectivity index (χ2n) is 6.73. The first-order valence-electron chi connectivity index (χ1n) is 9.19. The fraction of sp³-hybridized carbons (Fsp3) is 0.250. The molecule has 8 nitrogen and oxygen atoms in total. The van der Waals surface area contributed by atoms with Crippen LogP contribution in [-0.2, 0) is 0 Å². The van der Waals surface area contributed by atoms with Crippen LogP contribution in [0.25, 0.3) is 0 Å². The average Bonchev–Trinajstić information content (AvgIpc) is 3.59. The van der Waals surface area contributed by atoms with Crippen molar-refractivity contribution in [2.45, 2.75) is 18.8 Å². The predicted octanol–water partition coefficient (Wildman–Crippen LogP) is 3.48. The van der Waals surface area contributed by atoms with Crippen LogP contribution in [0.1, 0.15) is 45.0 Å². The van der Waals surface area contributed by atoms with Crippen molar-refractivity contribution in [1.82, 2.24) is 0 Å². The molecule has 10 heteroatoms. The fourth-order valence-electron chi connectivity index (χ4n) is 2.96. The Hall–Kier alpha value is -2.69. The largest absolute Gasteiger partial charge is 0.478 e. The van der Waals surface area contributed by atoms with Gasteiger partial charge in [-0.2, -0.15) is 5.10 Å². The molecule has 158 valence electrons. The smallest absolute Gasteiger partial charge is 0.335 e. The Bertz CT molecular complexity index is 961. The number of hydrogen-bond acceptors (Lipinski definition) is 8. The number of carbonyl (C=O) groups excluding carboxylic acids is 1. The number of thioether (sulfide) groups is 1. The monoisotopic (exact) mass is 445 g/mol. The number of carbonyl (C=O) groups is 2. The van der Waals surface area contributed by atoms with Crippen LogP contribution >= 0.6 is 23.7 Å². The van der Waals surface area contributed by atoms with E-state index in [1.165, 1.54) is 23.0 Å². The lowest BCUT2D eigenvalue weighted by Gasteiger charge is -2.22. The molecule has 2 aromatic carbocycles. The van der Waals surface area contributed by atoms with Gasteiger partial charge in [0.25, 0.3) is 0 Å². The van der Waals surface area contributed by atoms with E-state index in [9.17, 15) is 14.7 Å². The molecule has 6 N–H and O–H groups in total. The van der Waals surface area contributed by atoms with Gasteiger partial charge in [0.05, 0.1) is 17.0 Å². The molecule has 0 heterocycles. The van der Waals surface area contributed by atoms with Crippen molar-refractivity contribution in [2.75, 3.05) is 21.7 Å². The molecule has 3 rings (SSSR count). The Labute approximate surface area is 183 Å². The van der Waals surface area contributed by atoms with E-state index in [1.54, 1.807) is 24.3 Å². The van der Waals surface area contributed by atoms with Crippen LogP contribution in [0.15, 0.2) is 47.6 Å². The number of Topliss-reactive ketones (excluding diaryl/α,β-unsaturated/α-hetero) is 1. The topological polar surface area (TPSA) is 134 Å². The van der Waals surface area contributed by atoms with Crippen molar-refractivity contribution >= 4 is 52.0 Å². The number of amidine groups is 1. The van der Waals surface area contributed by atoms with Crippen LogP contribution in [0.3, 0.4) is 0 Å². The maximum atomic E-state index is 12.5. The Morgan fingerprint density at radius 2 is 1.87 bits per heavy atom. The zero-order valence-electron chi connectivity index (χ0n) is 16.4. The van der Waals surface area contributed by atoms with E-state index in [0.29, 0.717) is 11.3 Å². The predicted molar refractivity (Wildman–Crippen MR) is 124 cm³/mol. The molecule has 0 bridgehead atoms. The summed E-state index contributed by atoms with van der Waals surface area (Å²) in [7, 11) is 0. The summed E-state index contributed by atoms with van der Waals surface area (Å²) in [6.45, 7) is 0. The van der Waals surface area contributed by atoms with Gasteiger partial charge in [-0.05, 0) is 66.8 Å². The molecule has 0 aromatic heterocycles. The summed E-state index contributed by atoms with van der Waals surface area (Å²) in [5.41, 5.74) is 3.20. The minimum atomic E-state index is -0.988. The maximum absolute atomic E-state index is 12.5. The third-order valence-corrected chi connectivity index (χ3v) is 6.03. The summed E-state index contributed by atoms with van der Waals surface area (Å²) < 4.78 is 3.10. The Morgan fingerprint density at radius 3 is 2.43 bits per heavy atom. The summed E-state index contributed by atoms with van der Waals surface area (Å²) in [4.78, 5) is 23.8. The van der Waals surface area contributed by atoms with Gasteiger partial charge in [-0.1, -0.05) is 23.7 Å². The van der Waals surface area contributed by atoms with Crippen LogP contribution in [0, 0.1) is 0 Å². The van der Waals surface area contributed by atoms with E-state index in [2.05, 4.69) is 9.82 Å². The van der Waals surface area contributed by atoms with Crippen LogP contribution in [0.5, 0.6) is 0 Å². The van der Waals surface area contributed by atoms with Gasteiger partial charge < -0.3 is 15.7 Å². The molecule has 0 saturated heterocycles. The van der Waals surface area contributed by atoms with Crippen molar-refractivity contribution in [1.29, 1.82) is 0 Å². The minimum absolute atomic E-state index is 0.0751. The van der Waals surface area contributed by atoms with Gasteiger partial charge in [0.2, 0.25) is 5.17 Å². The number of nitrogens with zero attached hydrogens (tertiary/aromatic N) is 2. The Kier molecular flexibility index (Phi) is 7.24. The van der Waals surface area contributed by atoms with Gasteiger partial charge in [0.1, 0.15) is 0 Å². The summed E-state index contributed by atoms with van der Waals surface area (Å²) in [5, 5.41) is 14.6. The third kappa shape index (κ3) is 5.26. The van der Waals surface area contributed by atoms with Crippen LogP contribution in [0.4, 0.5) is 11.4 Å². The summed E-state index contributed by atoms with van der Waals surface area (Å²) in [6, 6.07) is 12.0. The number of benzene rings is 2. The molecule has 1 saturated carbocycles. The highest BCUT2D eigenvalue weighted by Gasteiger charge is 2.29. The van der Waals surface area contributed by atoms with Gasteiger partial charge >= 0.3 is 5.97 Å². The standard InChI is InChI=1S/C20H23N5O3S2/c1-29-24-15-7-4-13(5-8-15)18(26)11-30-20(23-21)25(22)17-9-6-14(19(27)28)10-16(17)12-2-3-12/h4-10,12,24H,2-3,11,21-22H2,1H3,(H,27,28)/b23-20+. The van der Waals surface area contributed by atoms with Crippen LogP contribution < -0.4 is 21.4 Å². The van der Waals surface area contributed by atoms with Crippen LogP contribution in [-0.4, -0.2) is 34.0 Å². The molecule has 2 aromatic rings. The number of hydrazone groups is 1. The quantitative estimate of drug-likeness (QED) is 0.120. The number of aromatic carboxylic acids is 1. The van der Waals surface area contributed by atoms with E-state index >= 15 is 0 Å². The summed E-state index contributed by atoms with van der Waals surface area (Å²) >= 11 is 2.61. The van der Waals surface area contributed by atoms with Crippen molar-refractivity contribution in [3.05, 3.63) is 59.2 Å². The minimum Gasteiger partial charge on any atom is -0.478 e. The first kappa shape index (κ1) is 22.0. The number of hydrazine groups is 1. The number of nitrogens with one attached hydrogen (secondary N) is 1. The molecule has 1 aliphatic rings. The highest BCUT2D eigenvalue weighted by molar-refractivity contribution is 8.14. The highest BCUT2D eigenvalue weighted by atomic mass is 32.2. The first-order valence-corrected chi connectivity index (χ1v) is 11.4. The number of rotatable bonds is 8. The second-order valence-corrected chi connectivity index (χ2v) is 8.28. The molecule has 30 heavy (non-hydrogen) atoms. The lowest BCUT2D eigenvalue weighted by molar-refractivity contribution is 0.0696. The normalized spacial score (nSPS) is 13.7. The van der Waals surface area contributed by atoms with E-state index in [0.717, 1.165) is 35.9 Å². The number of carboxylic acids is 1. The highest BCUT2D eigenvalue weighted by Crippen LogP contribution is 2.44.